The number of aliphatic carboxylic acids is 1. The zero-order valence-electron chi connectivity index (χ0n) is 7.84. The van der Waals surface area contributed by atoms with Crippen LogP contribution in [0.5, 0.6) is 5.75 Å². The molecular formula is C10H12O4. The van der Waals surface area contributed by atoms with Crippen molar-refractivity contribution in [2.24, 2.45) is 0 Å². The lowest BCUT2D eigenvalue weighted by atomic mass is 10.3. The van der Waals surface area contributed by atoms with Crippen LogP contribution in [-0.2, 0) is 9.53 Å². The minimum absolute atomic E-state index is 0.0320. The van der Waals surface area contributed by atoms with Gasteiger partial charge in [0.05, 0.1) is 6.61 Å². The molecule has 0 saturated carbocycles. The van der Waals surface area contributed by atoms with E-state index in [1.165, 1.54) is 7.11 Å². The van der Waals surface area contributed by atoms with E-state index in [9.17, 15) is 4.79 Å². The highest BCUT2D eigenvalue weighted by Crippen LogP contribution is 2.11. The average molecular weight is 196 g/mol. The molecule has 0 aliphatic carbocycles. The van der Waals surface area contributed by atoms with Gasteiger partial charge in [-0.1, -0.05) is 18.2 Å². The summed E-state index contributed by atoms with van der Waals surface area (Å²) in [6.07, 6.45) is -0.956. The fourth-order valence-corrected chi connectivity index (χ4v) is 0.970. The van der Waals surface area contributed by atoms with Gasteiger partial charge in [-0.25, -0.2) is 4.79 Å². The number of hydrogen-bond acceptors (Lipinski definition) is 3. The molecule has 0 amide bonds. The van der Waals surface area contributed by atoms with Gasteiger partial charge in [0.1, 0.15) is 5.75 Å². The van der Waals surface area contributed by atoms with Crippen molar-refractivity contribution >= 4 is 5.97 Å². The Kier molecular flexibility index (Phi) is 3.94. The molecule has 1 rings (SSSR count). The van der Waals surface area contributed by atoms with E-state index in [2.05, 4.69) is 0 Å². The van der Waals surface area contributed by atoms with Gasteiger partial charge in [0.25, 0.3) is 0 Å². The van der Waals surface area contributed by atoms with Crippen LogP contribution >= 0.6 is 0 Å². The summed E-state index contributed by atoms with van der Waals surface area (Å²) < 4.78 is 9.92. The maximum atomic E-state index is 10.7. The molecule has 1 aromatic rings. The van der Waals surface area contributed by atoms with Crippen molar-refractivity contribution in [2.75, 3.05) is 13.7 Å². The second kappa shape index (κ2) is 5.24. The molecule has 4 nitrogen and oxygen atoms in total. The smallest absolute Gasteiger partial charge is 0.347 e. The van der Waals surface area contributed by atoms with Crippen LogP contribution in [0, 0.1) is 0 Å². The molecule has 0 aromatic heterocycles. The first kappa shape index (κ1) is 10.5. The number of hydrogen-bond donors (Lipinski definition) is 1. The number of ether oxygens (including phenoxy) is 2. The molecule has 0 bridgehead atoms. The van der Waals surface area contributed by atoms with E-state index in [-0.39, 0.29) is 6.61 Å². The minimum Gasteiger partial charge on any atom is -0.478 e. The van der Waals surface area contributed by atoms with Crippen molar-refractivity contribution in [1.82, 2.24) is 0 Å². The fraction of sp³-hybridized carbons (Fsp3) is 0.300. The maximum absolute atomic E-state index is 10.7. The Bertz CT molecular complexity index is 283. The Morgan fingerprint density at radius 3 is 2.57 bits per heavy atom. The van der Waals surface area contributed by atoms with Crippen LogP contribution in [0.25, 0.3) is 0 Å². The highest BCUT2D eigenvalue weighted by atomic mass is 16.5. The molecule has 1 N–H and O–H groups in total. The number of rotatable bonds is 5. The number of carboxylic acids is 1. The predicted octanol–water partition coefficient (Wildman–Crippen LogP) is 1.17. The van der Waals surface area contributed by atoms with Crippen LogP contribution in [0.2, 0.25) is 0 Å². The highest BCUT2D eigenvalue weighted by molar-refractivity contribution is 5.72. The van der Waals surface area contributed by atoms with E-state index in [0.29, 0.717) is 5.75 Å². The molecular weight excluding hydrogens is 184 g/mol. The topological polar surface area (TPSA) is 55.8 Å². The SMILES string of the molecule is COCC(Oc1ccccc1)C(=O)O. The predicted molar refractivity (Wildman–Crippen MR) is 50.4 cm³/mol. The number of methoxy groups -OCH3 is 1. The summed E-state index contributed by atoms with van der Waals surface area (Å²) >= 11 is 0. The third-order valence-corrected chi connectivity index (χ3v) is 1.62. The van der Waals surface area contributed by atoms with Crippen LogP contribution in [-0.4, -0.2) is 30.9 Å². The van der Waals surface area contributed by atoms with Gasteiger partial charge in [-0.15, -0.1) is 0 Å². The van der Waals surface area contributed by atoms with E-state index >= 15 is 0 Å². The summed E-state index contributed by atoms with van der Waals surface area (Å²) in [5, 5.41) is 8.76. The lowest BCUT2D eigenvalue weighted by Gasteiger charge is -2.13. The Balaban J connectivity index is 2.60. The molecule has 4 heteroatoms. The van der Waals surface area contributed by atoms with Crippen LogP contribution in [0.15, 0.2) is 30.3 Å². The van der Waals surface area contributed by atoms with Crippen molar-refractivity contribution in [3.05, 3.63) is 30.3 Å². The van der Waals surface area contributed by atoms with Gasteiger partial charge in [-0.2, -0.15) is 0 Å². The molecule has 0 radical (unpaired) electrons. The lowest BCUT2D eigenvalue weighted by Crippen LogP contribution is -2.31. The van der Waals surface area contributed by atoms with Gasteiger partial charge in [-0.3, -0.25) is 0 Å². The molecule has 0 heterocycles. The molecule has 0 fully saturated rings. The van der Waals surface area contributed by atoms with Gasteiger partial charge in [0.15, 0.2) is 0 Å². The van der Waals surface area contributed by atoms with Crippen molar-refractivity contribution in [1.29, 1.82) is 0 Å². The summed E-state index contributed by atoms with van der Waals surface area (Å²) in [7, 11) is 1.43. The highest BCUT2D eigenvalue weighted by Gasteiger charge is 2.18. The summed E-state index contributed by atoms with van der Waals surface area (Å²) in [6.45, 7) is 0.0320. The lowest BCUT2D eigenvalue weighted by molar-refractivity contribution is -0.147. The van der Waals surface area contributed by atoms with E-state index in [1.54, 1.807) is 24.3 Å². The fourth-order valence-electron chi connectivity index (χ4n) is 0.970. The largest absolute Gasteiger partial charge is 0.478 e. The van der Waals surface area contributed by atoms with E-state index in [1.807, 2.05) is 6.07 Å². The summed E-state index contributed by atoms with van der Waals surface area (Å²) in [5.41, 5.74) is 0. The van der Waals surface area contributed by atoms with E-state index < -0.39 is 12.1 Å². The standard InChI is InChI=1S/C10H12O4/c1-13-7-9(10(11)12)14-8-5-3-2-4-6-8/h2-6,9H,7H2,1H3,(H,11,12). The Morgan fingerprint density at radius 2 is 2.07 bits per heavy atom. The van der Waals surface area contributed by atoms with Gasteiger partial charge in [-0.05, 0) is 12.1 Å². The average Bonchev–Trinajstić information content (AvgIpc) is 2.18. The van der Waals surface area contributed by atoms with Crippen LogP contribution < -0.4 is 4.74 Å². The second-order valence-electron chi connectivity index (χ2n) is 2.71. The first-order valence-corrected chi connectivity index (χ1v) is 4.17. The first-order valence-electron chi connectivity index (χ1n) is 4.17. The van der Waals surface area contributed by atoms with Crippen molar-refractivity contribution in [2.45, 2.75) is 6.10 Å². The molecule has 0 aliphatic rings. The normalized spacial score (nSPS) is 12.1. The quantitative estimate of drug-likeness (QED) is 0.767. The summed E-state index contributed by atoms with van der Waals surface area (Å²) in [4.78, 5) is 10.7. The first-order chi connectivity index (χ1) is 6.74. The van der Waals surface area contributed by atoms with Crippen LogP contribution in [0.1, 0.15) is 0 Å². The van der Waals surface area contributed by atoms with Gasteiger partial charge in [0, 0.05) is 7.11 Å². The van der Waals surface area contributed by atoms with Crippen molar-refractivity contribution < 1.29 is 19.4 Å². The molecule has 76 valence electrons. The van der Waals surface area contributed by atoms with Crippen LogP contribution in [0.4, 0.5) is 0 Å². The van der Waals surface area contributed by atoms with Gasteiger partial charge < -0.3 is 14.6 Å². The molecule has 1 aromatic carbocycles. The van der Waals surface area contributed by atoms with Crippen molar-refractivity contribution in [3.63, 3.8) is 0 Å². The molecule has 14 heavy (non-hydrogen) atoms. The molecule has 0 saturated heterocycles. The van der Waals surface area contributed by atoms with Gasteiger partial charge >= 0.3 is 5.97 Å². The minimum atomic E-state index is -1.03. The van der Waals surface area contributed by atoms with Gasteiger partial charge in [0.2, 0.25) is 6.10 Å². The number of para-hydroxylation sites is 1. The van der Waals surface area contributed by atoms with E-state index in [0.717, 1.165) is 0 Å². The Labute approximate surface area is 82.1 Å². The summed E-state index contributed by atoms with van der Waals surface area (Å²) in [5.74, 6) is -0.507. The van der Waals surface area contributed by atoms with Crippen LogP contribution in [0.3, 0.4) is 0 Å². The maximum Gasteiger partial charge on any atom is 0.347 e. The molecule has 1 unspecified atom stereocenters. The third-order valence-electron chi connectivity index (χ3n) is 1.62. The zero-order chi connectivity index (χ0) is 10.4. The summed E-state index contributed by atoms with van der Waals surface area (Å²) in [6, 6.07) is 8.79. The number of carbonyl (C=O) groups is 1. The number of carboxylic acid groups (broad SMARTS) is 1. The Hall–Kier alpha value is -1.55. The molecule has 0 spiro atoms. The molecule has 0 aliphatic heterocycles. The number of benzene rings is 1. The Morgan fingerprint density at radius 1 is 1.43 bits per heavy atom. The monoisotopic (exact) mass is 196 g/mol. The second-order valence-corrected chi connectivity index (χ2v) is 2.71. The third kappa shape index (κ3) is 3.06. The molecule has 1 atom stereocenters. The zero-order valence-corrected chi connectivity index (χ0v) is 7.84. The van der Waals surface area contributed by atoms with Crippen molar-refractivity contribution in [3.8, 4) is 5.75 Å². The van der Waals surface area contributed by atoms with E-state index in [4.69, 9.17) is 14.6 Å².